The Labute approximate surface area is 106 Å². The molecular weight excluding hydrogens is 227 g/mol. The van der Waals surface area contributed by atoms with E-state index in [4.69, 9.17) is 6.42 Å². The molecule has 0 radical (unpaired) electrons. The molecule has 0 bridgehead atoms. The number of halogens is 1. The van der Waals surface area contributed by atoms with Gasteiger partial charge in [0, 0.05) is 17.8 Å². The van der Waals surface area contributed by atoms with Gasteiger partial charge in [-0.25, -0.2) is 9.82 Å². The van der Waals surface area contributed by atoms with Crippen LogP contribution in [0, 0.1) is 18.2 Å². The molecule has 90 valence electrons. The van der Waals surface area contributed by atoms with Crippen molar-refractivity contribution in [3.63, 3.8) is 0 Å². The highest BCUT2D eigenvalue weighted by atomic mass is 19.1. The van der Waals surface area contributed by atoms with E-state index < -0.39 is 0 Å². The van der Waals surface area contributed by atoms with E-state index in [9.17, 15) is 4.39 Å². The summed E-state index contributed by atoms with van der Waals surface area (Å²) in [6.45, 7) is 0.487. The van der Waals surface area contributed by atoms with E-state index >= 15 is 0 Å². The molecule has 0 saturated heterocycles. The summed E-state index contributed by atoms with van der Waals surface area (Å²) in [4.78, 5) is 0. The van der Waals surface area contributed by atoms with Crippen molar-refractivity contribution in [2.75, 3.05) is 5.43 Å². The molecule has 0 unspecified atom stereocenters. The summed E-state index contributed by atoms with van der Waals surface area (Å²) in [6.07, 6.45) is 5.25. The molecule has 0 aliphatic heterocycles. The molecule has 3 heteroatoms. The Hall–Kier alpha value is -2.31. The number of nitrogens with one attached hydrogen (secondary N) is 2. The van der Waals surface area contributed by atoms with Crippen molar-refractivity contribution in [3.8, 4) is 12.3 Å². The SMILES string of the molecule is C#Cc1cc(F)cc(CNNc2ccccc2)c1. The average molecular weight is 240 g/mol. The van der Waals surface area contributed by atoms with Crippen LogP contribution in [0.4, 0.5) is 10.1 Å². The third-order valence-electron chi connectivity index (χ3n) is 2.42. The van der Waals surface area contributed by atoms with Crippen molar-refractivity contribution in [2.24, 2.45) is 0 Å². The van der Waals surface area contributed by atoms with Gasteiger partial charge in [-0.1, -0.05) is 24.1 Å². The van der Waals surface area contributed by atoms with Crippen LogP contribution in [0.5, 0.6) is 0 Å². The number of hydrogen-bond donors (Lipinski definition) is 2. The number of hydrogen-bond acceptors (Lipinski definition) is 2. The minimum absolute atomic E-state index is 0.318. The van der Waals surface area contributed by atoms with E-state index in [1.807, 2.05) is 30.3 Å². The van der Waals surface area contributed by atoms with Crippen LogP contribution in [0.2, 0.25) is 0 Å². The Kier molecular flexibility index (Phi) is 3.95. The van der Waals surface area contributed by atoms with Gasteiger partial charge >= 0.3 is 0 Å². The van der Waals surface area contributed by atoms with Crippen LogP contribution in [0.25, 0.3) is 0 Å². The number of rotatable bonds is 4. The molecule has 2 aromatic rings. The molecule has 2 rings (SSSR count). The molecule has 2 N–H and O–H groups in total. The van der Waals surface area contributed by atoms with Gasteiger partial charge in [0.2, 0.25) is 0 Å². The van der Waals surface area contributed by atoms with Crippen molar-refractivity contribution in [3.05, 3.63) is 65.5 Å². The quantitative estimate of drug-likeness (QED) is 0.634. The highest BCUT2D eigenvalue weighted by Crippen LogP contribution is 2.09. The summed E-state index contributed by atoms with van der Waals surface area (Å²) in [5.41, 5.74) is 8.33. The van der Waals surface area contributed by atoms with Gasteiger partial charge in [-0.2, -0.15) is 0 Å². The summed E-state index contributed by atoms with van der Waals surface area (Å²) >= 11 is 0. The molecule has 0 amide bonds. The van der Waals surface area contributed by atoms with Gasteiger partial charge < -0.3 is 5.43 Å². The maximum Gasteiger partial charge on any atom is 0.124 e. The van der Waals surface area contributed by atoms with Gasteiger partial charge in [0.05, 0.1) is 0 Å². The van der Waals surface area contributed by atoms with Crippen molar-refractivity contribution >= 4 is 5.69 Å². The predicted molar refractivity (Wildman–Crippen MR) is 71.2 cm³/mol. The van der Waals surface area contributed by atoms with Crippen LogP contribution < -0.4 is 10.9 Å². The van der Waals surface area contributed by atoms with Crippen molar-refractivity contribution in [2.45, 2.75) is 6.54 Å². The van der Waals surface area contributed by atoms with Crippen molar-refractivity contribution < 1.29 is 4.39 Å². The highest BCUT2D eigenvalue weighted by molar-refractivity contribution is 5.41. The maximum absolute atomic E-state index is 13.2. The first-order chi connectivity index (χ1) is 8.78. The zero-order chi connectivity index (χ0) is 12.8. The van der Waals surface area contributed by atoms with Crippen LogP contribution in [0.15, 0.2) is 48.5 Å². The van der Waals surface area contributed by atoms with Gasteiger partial charge in [0.1, 0.15) is 5.82 Å². The molecule has 0 fully saturated rings. The zero-order valence-corrected chi connectivity index (χ0v) is 9.78. The monoisotopic (exact) mass is 240 g/mol. The minimum atomic E-state index is -0.318. The third-order valence-corrected chi connectivity index (χ3v) is 2.42. The van der Waals surface area contributed by atoms with Crippen LogP contribution in [-0.4, -0.2) is 0 Å². The molecule has 18 heavy (non-hydrogen) atoms. The second-order valence-electron chi connectivity index (χ2n) is 3.84. The van der Waals surface area contributed by atoms with Gasteiger partial charge in [0.15, 0.2) is 0 Å². The lowest BCUT2D eigenvalue weighted by atomic mass is 10.1. The van der Waals surface area contributed by atoms with Crippen LogP contribution in [0.3, 0.4) is 0 Å². The van der Waals surface area contributed by atoms with Crippen molar-refractivity contribution in [1.82, 2.24) is 5.43 Å². The Morgan fingerprint density at radius 3 is 2.61 bits per heavy atom. The molecule has 0 saturated carbocycles. The second kappa shape index (κ2) is 5.85. The zero-order valence-electron chi connectivity index (χ0n) is 9.78. The van der Waals surface area contributed by atoms with E-state index in [2.05, 4.69) is 16.8 Å². The Balaban J connectivity index is 1.95. The standard InChI is InChI=1S/C15H13FN2/c1-2-12-8-13(10-14(16)9-12)11-17-18-15-6-4-3-5-7-15/h1,3-10,17-18H,11H2. The van der Waals surface area contributed by atoms with Gasteiger partial charge in [-0.15, -0.1) is 6.42 Å². The molecule has 0 aliphatic rings. The molecule has 0 aromatic heterocycles. The lowest BCUT2D eigenvalue weighted by Crippen LogP contribution is -2.20. The molecule has 2 aromatic carbocycles. The molecule has 0 aliphatic carbocycles. The molecule has 0 heterocycles. The summed E-state index contributed by atoms with van der Waals surface area (Å²) in [6, 6.07) is 14.3. The van der Waals surface area contributed by atoms with Crippen molar-refractivity contribution in [1.29, 1.82) is 0 Å². The number of benzene rings is 2. The van der Waals surface area contributed by atoms with Gasteiger partial charge in [0.25, 0.3) is 0 Å². The third kappa shape index (κ3) is 3.34. The second-order valence-corrected chi connectivity index (χ2v) is 3.84. The number of anilines is 1. The highest BCUT2D eigenvalue weighted by Gasteiger charge is 1.99. The van der Waals surface area contributed by atoms with Crippen LogP contribution >= 0.6 is 0 Å². The largest absolute Gasteiger partial charge is 0.321 e. The Morgan fingerprint density at radius 2 is 1.89 bits per heavy atom. The van der Waals surface area contributed by atoms with Gasteiger partial charge in [-0.05, 0) is 35.9 Å². The number of terminal acetylenes is 1. The average Bonchev–Trinajstić information content (AvgIpc) is 2.39. The van der Waals surface area contributed by atoms with Gasteiger partial charge in [-0.3, -0.25) is 0 Å². The molecular formula is C15H13FN2. The predicted octanol–water partition coefficient (Wildman–Crippen LogP) is 2.92. The first-order valence-electron chi connectivity index (χ1n) is 5.58. The van der Waals surface area contributed by atoms with E-state index in [-0.39, 0.29) is 5.82 Å². The van der Waals surface area contributed by atoms with E-state index in [0.717, 1.165) is 11.3 Å². The van der Waals surface area contributed by atoms with E-state index in [0.29, 0.717) is 12.1 Å². The first kappa shape index (κ1) is 12.2. The Morgan fingerprint density at radius 1 is 1.11 bits per heavy atom. The maximum atomic E-state index is 13.2. The summed E-state index contributed by atoms with van der Waals surface area (Å²) in [7, 11) is 0. The van der Waals surface area contributed by atoms with E-state index in [1.165, 1.54) is 12.1 Å². The normalized spacial score (nSPS) is 9.78. The number of hydrazine groups is 1. The van der Waals surface area contributed by atoms with Crippen LogP contribution in [-0.2, 0) is 6.54 Å². The Bertz CT molecular complexity index is 558. The van der Waals surface area contributed by atoms with Crippen LogP contribution in [0.1, 0.15) is 11.1 Å². The lowest BCUT2D eigenvalue weighted by molar-refractivity contribution is 0.623. The smallest absolute Gasteiger partial charge is 0.124 e. The topological polar surface area (TPSA) is 24.1 Å². The fourth-order valence-corrected chi connectivity index (χ4v) is 1.61. The fraction of sp³-hybridized carbons (Fsp3) is 0.0667. The van der Waals surface area contributed by atoms with E-state index in [1.54, 1.807) is 6.07 Å². The fourth-order valence-electron chi connectivity index (χ4n) is 1.61. The molecule has 0 spiro atoms. The lowest BCUT2D eigenvalue weighted by Gasteiger charge is -2.08. The summed E-state index contributed by atoms with van der Waals surface area (Å²) in [5, 5.41) is 0. The summed E-state index contributed by atoms with van der Waals surface area (Å²) < 4.78 is 13.2. The molecule has 0 atom stereocenters. The number of para-hydroxylation sites is 1. The minimum Gasteiger partial charge on any atom is -0.321 e. The first-order valence-corrected chi connectivity index (χ1v) is 5.58. The molecule has 2 nitrogen and oxygen atoms in total. The summed E-state index contributed by atoms with van der Waals surface area (Å²) in [5.74, 6) is 2.11.